The first-order chi connectivity index (χ1) is 10.4. The molecule has 1 atom stereocenters. The van der Waals surface area contributed by atoms with Crippen LogP contribution in [0.1, 0.15) is 43.6 Å². The van der Waals surface area contributed by atoms with Crippen LogP contribution in [0.2, 0.25) is 0 Å². The molecule has 1 fully saturated rings. The smallest absolute Gasteiger partial charge is 0.122 e. The highest BCUT2D eigenvalue weighted by Crippen LogP contribution is 2.39. The number of hydrogen-bond acceptors (Lipinski definition) is 3. The van der Waals surface area contributed by atoms with E-state index in [-0.39, 0.29) is 0 Å². The second-order valence-electron chi connectivity index (χ2n) is 5.94. The van der Waals surface area contributed by atoms with Crippen LogP contribution < -0.4 is 10.1 Å². The van der Waals surface area contributed by atoms with Crippen LogP contribution in [0.15, 0.2) is 24.3 Å². The molecule has 0 aromatic heterocycles. The Morgan fingerprint density at radius 1 is 1.14 bits per heavy atom. The van der Waals surface area contributed by atoms with Gasteiger partial charge in [0, 0.05) is 26.1 Å². The summed E-state index contributed by atoms with van der Waals surface area (Å²) >= 11 is 0. The predicted molar refractivity (Wildman–Crippen MR) is 87.1 cm³/mol. The molecule has 2 rings (SSSR count). The van der Waals surface area contributed by atoms with Gasteiger partial charge in [-0.3, -0.25) is 0 Å². The minimum atomic E-state index is 0.540. The van der Waals surface area contributed by atoms with E-state index in [0.717, 1.165) is 31.4 Å². The standard InChI is InChI=1S/C18H29NO2/c1-20-13-12-19-14-17(15-8-4-3-5-9-15)16-10-6-7-11-18(16)21-2/h6-7,10-11,15,17,19H,3-5,8-9,12-14H2,1-2H3. The second-order valence-corrected chi connectivity index (χ2v) is 5.94. The first-order valence-corrected chi connectivity index (χ1v) is 8.19. The van der Waals surface area contributed by atoms with Crippen LogP contribution in [-0.4, -0.2) is 33.9 Å². The number of methoxy groups -OCH3 is 2. The van der Waals surface area contributed by atoms with Crippen LogP contribution in [0.4, 0.5) is 0 Å². The molecule has 1 aromatic rings. The summed E-state index contributed by atoms with van der Waals surface area (Å²) < 4.78 is 10.7. The average molecular weight is 291 g/mol. The molecule has 0 spiro atoms. The van der Waals surface area contributed by atoms with Crippen molar-refractivity contribution in [2.45, 2.75) is 38.0 Å². The van der Waals surface area contributed by atoms with Crippen molar-refractivity contribution in [1.29, 1.82) is 0 Å². The van der Waals surface area contributed by atoms with Gasteiger partial charge in [-0.05, 0) is 30.4 Å². The molecule has 21 heavy (non-hydrogen) atoms. The lowest BCUT2D eigenvalue weighted by Gasteiger charge is -2.31. The molecule has 0 heterocycles. The van der Waals surface area contributed by atoms with Gasteiger partial charge in [-0.15, -0.1) is 0 Å². The van der Waals surface area contributed by atoms with Crippen LogP contribution in [0.5, 0.6) is 5.75 Å². The fourth-order valence-electron chi connectivity index (χ4n) is 3.47. The van der Waals surface area contributed by atoms with E-state index in [1.165, 1.54) is 37.7 Å². The van der Waals surface area contributed by atoms with Gasteiger partial charge in [0.05, 0.1) is 13.7 Å². The first-order valence-electron chi connectivity index (χ1n) is 8.19. The molecule has 1 N–H and O–H groups in total. The number of hydrogen-bond donors (Lipinski definition) is 1. The molecule has 3 nitrogen and oxygen atoms in total. The van der Waals surface area contributed by atoms with E-state index in [9.17, 15) is 0 Å². The van der Waals surface area contributed by atoms with Gasteiger partial charge in [0.15, 0.2) is 0 Å². The highest BCUT2D eigenvalue weighted by atomic mass is 16.5. The maximum absolute atomic E-state index is 5.59. The molecule has 0 saturated heterocycles. The van der Waals surface area contributed by atoms with E-state index in [1.54, 1.807) is 14.2 Å². The van der Waals surface area contributed by atoms with Crippen LogP contribution in [0.25, 0.3) is 0 Å². The third kappa shape index (κ3) is 4.72. The minimum absolute atomic E-state index is 0.540. The summed E-state index contributed by atoms with van der Waals surface area (Å²) in [6, 6.07) is 8.50. The van der Waals surface area contributed by atoms with Crippen molar-refractivity contribution in [2.24, 2.45) is 5.92 Å². The predicted octanol–water partition coefficient (Wildman–Crippen LogP) is 3.60. The molecule has 0 radical (unpaired) electrons. The molecular weight excluding hydrogens is 262 g/mol. The van der Waals surface area contributed by atoms with Gasteiger partial charge >= 0.3 is 0 Å². The summed E-state index contributed by atoms with van der Waals surface area (Å²) in [5.41, 5.74) is 1.36. The molecule has 0 aliphatic heterocycles. The summed E-state index contributed by atoms with van der Waals surface area (Å²) in [5, 5.41) is 3.55. The molecule has 0 bridgehead atoms. The third-order valence-corrected chi connectivity index (χ3v) is 4.60. The van der Waals surface area contributed by atoms with Crippen molar-refractivity contribution >= 4 is 0 Å². The van der Waals surface area contributed by atoms with E-state index in [1.807, 2.05) is 0 Å². The molecular formula is C18H29NO2. The van der Waals surface area contributed by atoms with Gasteiger partial charge in [0.2, 0.25) is 0 Å². The Labute approximate surface area is 129 Å². The Balaban J connectivity index is 2.09. The summed E-state index contributed by atoms with van der Waals surface area (Å²) in [7, 11) is 3.52. The molecule has 1 aromatic carbocycles. The lowest BCUT2D eigenvalue weighted by Crippen LogP contribution is -2.30. The Hall–Kier alpha value is -1.06. The maximum atomic E-state index is 5.59. The summed E-state index contributed by atoms with van der Waals surface area (Å²) in [5.74, 6) is 2.34. The van der Waals surface area contributed by atoms with E-state index in [4.69, 9.17) is 9.47 Å². The van der Waals surface area contributed by atoms with Crippen molar-refractivity contribution in [1.82, 2.24) is 5.32 Å². The molecule has 1 aliphatic rings. The monoisotopic (exact) mass is 291 g/mol. The van der Waals surface area contributed by atoms with E-state index >= 15 is 0 Å². The minimum Gasteiger partial charge on any atom is -0.496 e. The lowest BCUT2D eigenvalue weighted by atomic mass is 9.76. The number of nitrogens with one attached hydrogen (secondary N) is 1. The van der Waals surface area contributed by atoms with Crippen molar-refractivity contribution < 1.29 is 9.47 Å². The van der Waals surface area contributed by atoms with Crippen molar-refractivity contribution in [3.8, 4) is 5.75 Å². The molecule has 1 unspecified atom stereocenters. The zero-order valence-electron chi connectivity index (χ0n) is 13.4. The fourth-order valence-corrected chi connectivity index (χ4v) is 3.47. The zero-order chi connectivity index (χ0) is 14.9. The number of ether oxygens (including phenoxy) is 2. The molecule has 3 heteroatoms. The Morgan fingerprint density at radius 2 is 1.90 bits per heavy atom. The fraction of sp³-hybridized carbons (Fsp3) is 0.667. The number of benzene rings is 1. The highest BCUT2D eigenvalue weighted by molar-refractivity contribution is 5.37. The van der Waals surface area contributed by atoms with Gasteiger partial charge < -0.3 is 14.8 Å². The summed E-state index contributed by atoms with van der Waals surface area (Å²) in [6.45, 7) is 2.69. The Bertz CT molecular complexity index is 402. The van der Waals surface area contributed by atoms with Gasteiger partial charge in [-0.1, -0.05) is 37.5 Å². The van der Waals surface area contributed by atoms with Crippen molar-refractivity contribution in [3.63, 3.8) is 0 Å². The van der Waals surface area contributed by atoms with Crippen molar-refractivity contribution in [3.05, 3.63) is 29.8 Å². The number of rotatable bonds is 8. The second kappa shape index (κ2) is 9.06. The van der Waals surface area contributed by atoms with E-state index in [0.29, 0.717) is 5.92 Å². The first kappa shape index (κ1) is 16.3. The molecule has 0 amide bonds. The molecule has 1 aliphatic carbocycles. The van der Waals surface area contributed by atoms with Crippen molar-refractivity contribution in [2.75, 3.05) is 33.9 Å². The van der Waals surface area contributed by atoms with E-state index in [2.05, 4.69) is 29.6 Å². The lowest BCUT2D eigenvalue weighted by molar-refractivity contribution is 0.196. The Morgan fingerprint density at radius 3 is 2.62 bits per heavy atom. The summed E-state index contributed by atoms with van der Waals surface area (Å²) in [4.78, 5) is 0. The van der Waals surface area contributed by atoms with Gasteiger partial charge in [-0.2, -0.15) is 0 Å². The average Bonchev–Trinajstić information content (AvgIpc) is 2.56. The van der Waals surface area contributed by atoms with Gasteiger partial charge in [0.25, 0.3) is 0 Å². The largest absolute Gasteiger partial charge is 0.496 e. The van der Waals surface area contributed by atoms with Crippen LogP contribution >= 0.6 is 0 Å². The highest BCUT2D eigenvalue weighted by Gasteiger charge is 2.26. The third-order valence-electron chi connectivity index (χ3n) is 4.60. The maximum Gasteiger partial charge on any atom is 0.122 e. The zero-order valence-corrected chi connectivity index (χ0v) is 13.4. The molecule has 118 valence electrons. The van der Waals surface area contributed by atoms with Gasteiger partial charge in [0.1, 0.15) is 5.75 Å². The van der Waals surface area contributed by atoms with Crippen LogP contribution in [0, 0.1) is 5.92 Å². The van der Waals surface area contributed by atoms with Crippen LogP contribution in [0.3, 0.4) is 0 Å². The van der Waals surface area contributed by atoms with E-state index < -0.39 is 0 Å². The summed E-state index contributed by atoms with van der Waals surface area (Å²) in [6.07, 6.45) is 6.82. The number of para-hydroxylation sites is 1. The van der Waals surface area contributed by atoms with Gasteiger partial charge in [-0.25, -0.2) is 0 Å². The topological polar surface area (TPSA) is 30.5 Å². The normalized spacial score (nSPS) is 17.6. The quantitative estimate of drug-likeness (QED) is 0.742. The molecule has 1 saturated carbocycles. The van der Waals surface area contributed by atoms with Crippen LogP contribution in [-0.2, 0) is 4.74 Å². The Kier molecular flexibility index (Phi) is 7.04. The SMILES string of the molecule is COCCNCC(c1ccccc1OC)C1CCCCC1.